The predicted molar refractivity (Wildman–Crippen MR) is 101 cm³/mol. The molecule has 4 heteroatoms. The Bertz CT molecular complexity index is 836. The first-order chi connectivity index (χ1) is 12.8. The van der Waals surface area contributed by atoms with Crippen LogP contribution in [-0.2, 0) is 12.0 Å². The van der Waals surface area contributed by atoms with Crippen LogP contribution in [0.15, 0.2) is 79.1 Å². The Morgan fingerprint density at radius 2 is 1.58 bits per heavy atom. The lowest BCUT2D eigenvalue weighted by molar-refractivity contribution is 0.238. The zero-order chi connectivity index (χ0) is 17.8. The molecule has 1 unspecified atom stereocenters. The van der Waals surface area contributed by atoms with E-state index < -0.39 is 5.54 Å². The lowest BCUT2D eigenvalue weighted by Gasteiger charge is -2.46. The van der Waals surface area contributed by atoms with Gasteiger partial charge in [-0.2, -0.15) is 0 Å². The minimum absolute atomic E-state index is 0.131. The number of halogens is 1. The van der Waals surface area contributed by atoms with Crippen molar-refractivity contribution in [2.24, 2.45) is 0 Å². The van der Waals surface area contributed by atoms with E-state index in [1.165, 1.54) is 17.7 Å². The molecule has 2 N–H and O–H groups in total. The highest BCUT2D eigenvalue weighted by Crippen LogP contribution is 2.36. The van der Waals surface area contributed by atoms with Gasteiger partial charge in [0.1, 0.15) is 5.82 Å². The van der Waals surface area contributed by atoms with Crippen molar-refractivity contribution in [1.82, 2.24) is 15.6 Å². The van der Waals surface area contributed by atoms with Crippen LogP contribution in [0, 0.1) is 5.82 Å². The summed E-state index contributed by atoms with van der Waals surface area (Å²) in [5.41, 5.74) is 3.02. The fraction of sp³-hybridized carbons (Fsp3) is 0.227. The van der Waals surface area contributed by atoms with E-state index in [9.17, 15) is 4.39 Å². The predicted octanol–water partition coefficient (Wildman–Crippen LogP) is 3.27. The van der Waals surface area contributed by atoms with E-state index in [1.807, 2.05) is 42.7 Å². The molecule has 0 aliphatic carbocycles. The van der Waals surface area contributed by atoms with E-state index >= 15 is 0 Å². The molecule has 1 aliphatic rings. The molecule has 1 fully saturated rings. The van der Waals surface area contributed by atoms with Gasteiger partial charge in [-0.3, -0.25) is 4.98 Å². The van der Waals surface area contributed by atoms with E-state index in [0.29, 0.717) is 0 Å². The molecular weight excluding hydrogens is 325 g/mol. The number of nitrogens with zero attached hydrogens (tertiary/aromatic N) is 1. The average Bonchev–Trinajstić information content (AvgIpc) is 2.71. The van der Waals surface area contributed by atoms with Gasteiger partial charge in [-0.15, -0.1) is 0 Å². The molecule has 132 valence electrons. The van der Waals surface area contributed by atoms with Crippen LogP contribution < -0.4 is 10.6 Å². The molecule has 2 aromatic carbocycles. The number of aromatic nitrogens is 1. The summed E-state index contributed by atoms with van der Waals surface area (Å²) >= 11 is 0. The number of piperazine rings is 1. The second-order valence-electron chi connectivity index (χ2n) is 6.67. The van der Waals surface area contributed by atoms with Crippen LogP contribution in [0.1, 0.15) is 16.7 Å². The van der Waals surface area contributed by atoms with Gasteiger partial charge >= 0.3 is 0 Å². The normalized spacial score (nSPS) is 22.9. The quantitative estimate of drug-likeness (QED) is 0.761. The number of rotatable bonds is 4. The van der Waals surface area contributed by atoms with Crippen molar-refractivity contribution >= 4 is 0 Å². The van der Waals surface area contributed by atoms with E-state index in [4.69, 9.17) is 0 Å². The van der Waals surface area contributed by atoms with E-state index in [2.05, 4.69) is 39.9 Å². The summed E-state index contributed by atoms with van der Waals surface area (Å²) in [5.74, 6) is -0.220. The second-order valence-corrected chi connectivity index (χ2v) is 6.67. The van der Waals surface area contributed by atoms with E-state index in [0.717, 1.165) is 30.6 Å². The first kappa shape index (κ1) is 16.9. The summed E-state index contributed by atoms with van der Waals surface area (Å²) in [5, 5.41) is 7.44. The lowest BCUT2D eigenvalue weighted by Crippen LogP contribution is -2.64. The molecule has 3 aromatic rings. The highest BCUT2D eigenvalue weighted by Gasteiger charge is 2.43. The molecule has 0 saturated carbocycles. The van der Waals surface area contributed by atoms with Crippen LogP contribution in [0.4, 0.5) is 4.39 Å². The number of nitrogens with one attached hydrogen (secondary N) is 2. The monoisotopic (exact) mass is 347 g/mol. The van der Waals surface area contributed by atoms with Gasteiger partial charge in [-0.25, -0.2) is 4.39 Å². The van der Waals surface area contributed by atoms with Gasteiger partial charge in [-0.1, -0.05) is 42.5 Å². The highest BCUT2D eigenvalue weighted by atomic mass is 19.1. The van der Waals surface area contributed by atoms with Crippen LogP contribution in [0.2, 0.25) is 0 Å². The molecule has 26 heavy (non-hydrogen) atoms. The van der Waals surface area contributed by atoms with Crippen LogP contribution in [0.5, 0.6) is 0 Å². The number of hydrogen-bond acceptors (Lipinski definition) is 3. The van der Waals surface area contributed by atoms with Crippen molar-refractivity contribution in [2.45, 2.75) is 18.0 Å². The summed E-state index contributed by atoms with van der Waals surface area (Å²) in [6.45, 7) is 1.73. The first-order valence-electron chi connectivity index (χ1n) is 8.98. The minimum Gasteiger partial charge on any atom is -0.310 e. The smallest absolute Gasteiger partial charge is 0.123 e. The maximum absolute atomic E-state index is 13.6. The van der Waals surface area contributed by atoms with Gasteiger partial charge in [0, 0.05) is 31.5 Å². The SMILES string of the molecule is Fc1ccc(C2(c3ccncc3)NCCN[C@H]2Cc2ccccc2)cc1. The van der Waals surface area contributed by atoms with E-state index in [-0.39, 0.29) is 11.9 Å². The number of pyridine rings is 1. The molecular formula is C22H22FN3. The van der Waals surface area contributed by atoms with Gasteiger partial charge < -0.3 is 10.6 Å². The topological polar surface area (TPSA) is 37.0 Å². The molecule has 1 saturated heterocycles. The lowest BCUT2D eigenvalue weighted by atomic mass is 9.74. The van der Waals surface area contributed by atoms with Gasteiger partial charge in [0.25, 0.3) is 0 Å². The fourth-order valence-corrected chi connectivity index (χ4v) is 3.96. The maximum atomic E-state index is 13.6. The van der Waals surface area contributed by atoms with Crippen molar-refractivity contribution in [1.29, 1.82) is 0 Å². The highest BCUT2D eigenvalue weighted by molar-refractivity contribution is 5.42. The fourth-order valence-electron chi connectivity index (χ4n) is 3.96. The third kappa shape index (κ3) is 3.14. The Balaban J connectivity index is 1.83. The summed E-state index contributed by atoms with van der Waals surface area (Å²) in [7, 11) is 0. The summed E-state index contributed by atoms with van der Waals surface area (Å²) in [4.78, 5) is 4.18. The van der Waals surface area contributed by atoms with Crippen LogP contribution in [0.25, 0.3) is 0 Å². The van der Waals surface area contributed by atoms with Gasteiger partial charge in [0.15, 0.2) is 0 Å². The summed E-state index contributed by atoms with van der Waals surface area (Å²) < 4.78 is 13.6. The molecule has 0 spiro atoms. The maximum Gasteiger partial charge on any atom is 0.123 e. The van der Waals surface area contributed by atoms with Crippen molar-refractivity contribution in [3.63, 3.8) is 0 Å². The third-order valence-electron chi connectivity index (χ3n) is 5.16. The van der Waals surface area contributed by atoms with E-state index in [1.54, 1.807) is 0 Å². The zero-order valence-corrected chi connectivity index (χ0v) is 14.5. The largest absolute Gasteiger partial charge is 0.310 e. The summed E-state index contributed by atoms with van der Waals surface area (Å²) in [6, 6.07) is 21.5. The molecule has 1 aromatic heterocycles. The Morgan fingerprint density at radius 3 is 2.31 bits per heavy atom. The van der Waals surface area contributed by atoms with Crippen LogP contribution in [-0.4, -0.2) is 24.1 Å². The molecule has 4 rings (SSSR count). The molecule has 0 radical (unpaired) electrons. The summed E-state index contributed by atoms with van der Waals surface area (Å²) in [6.07, 6.45) is 4.50. The molecule has 2 heterocycles. The Hall–Kier alpha value is -2.56. The molecule has 1 aliphatic heterocycles. The number of benzene rings is 2. The van der Waals surface area contributed by atoms with Gasteiger partial charge in [-0.05, 0) is 47.4 Å². The molecule has 0 bridgehead atoms. The van der Waals surface area contributed by atoms with Gasteiger partial charge in [0.2, 0.25) is 0 Å². The van der Waals surface area contributed by atoms with Crippen LogP contribution >= 0.6 is 0 Å². The third-order valence-corrected chi connectivity index (χ3v) is 5.16. The first-order valence-corrected chi connectivity index (χ1v) is 8.98. The number of hydrogen-bond donors (Lipinski definition) is 2. The van der Waals surface area contributed by atoms with Crippen LogP contribution in [0.3, 0.4) is 0 Å². The van der Waals surface area contributed by atoms with Crippen molar-refractivity contribution in [3.05, 3.63) is 102 Å². The van der Waals surface area contributed by atoms with Crippen molar-refractivity contribution in [2.75, 3.05) is 13.1 Å². The minimum atomic E-state index is -0.440. The Kier molecular flexibility index (Phi) is 4.78. The zero-order valence-electron chi connectivity index (χ0n) is 14.5. The average molecular weight is 347 g/mol. The van der Waals surface area contributed by atoms with Crippen molar-refractivity contribution < 1.29 is 4.39 Å². The Labute approximate surface area is 153 Å². The molecule has 3 nitrogen and oxygen atoms in total. The van der Waals surface area contributed by atoms with Crippen molar-refractivity contribution in [3.8, 4) is 0 Å². The molecule has 2 atom stereocenters. The Morgan fingerprint density at radius 1 is 0.885 bits per heavy atom. The second kappa shape index (κ2) is 7.36. The standard InChI is InChI=1S/C22H22FN3/c23-20-8-6-18(7-9-20)22(19-10-12-24-13-11-19)21(25-14-15-26-22)16-17-4-2-1-3-5-17/h1-13,21,25-26H,14-16H2/t21-,22?/m0/s1. The van der Waals surface area contributed by atoms with Gasteiger partial charge in [0.05, 0.1) is 5.54 Å². The molecule has 0 amide bonds.